The summed E-state index contributed by atoms with van der Waals surface area (Å²) in [6, 6.07) is -0.779. The van der Waals surface area contributed by atoms with Crippen molar-refractivity contribution in [3.63, 3.8) is 0 Å². The van der Waals surface area contributed by atoms with Gasteiger partial charge in [0, 0.05) is 0 Å². The highest BCUT2D eigenvalue weighted by atomic mass is 16.5. The number of piperidine rings is 1. The van der Waals surface area contributed by atoms with Crippen molar-refractivity contribution in [1.82, 2.24) is 10.6 Å². The van der Waals surface area contributed by atoms with E-state index in [1.807, 2.05) is 6.92 Å². The molecule has 3 atom stereocenters. The molecule has 5 heteroatoms. The van der Waals surface area contributed by atoms with Crippen LogP contribution >= 0.6 is 0 Å². The topological polar surface area (TPSA) is 67.4 Å². The van der Waals surface area contributed by atoms with E-state index in [-0.39, 0.29) is 17.9 Å². The van der Waals surface area contributed by atoms with Gasteiger partial charge in [-0.25, -0.2) is 4.79 Å². The van der Waals surface area contributed by atoms with Crippen LogP contribution in [-0.4, -0.2) is 37.1 Å². The summed E-state index contributed by atoms with van der Waals surface area (Å²) in [5.74, 6) is -0.194. The maximum absolute atomic E-state index is 11.9. The number of amides is 1. The van der Waals surface area contributed by atoms with Gasteiger partial charge in [-0.05, 0) is 39.2 Å². The number of hydrogen-bond acceptors (Lipinski definition) is 4. The van der Waals surface area contributed by atoms with Crippen LogP contribution in [0.4, 0.5) is 0 Å². The maximum Gasteiger partial charge on any atom is 0.328 e. The number of rotatable bonds is 4. The number of ether oxygens (including phenoxy) is 1. The maximum atomic E-state index is 11.9. The molecule has 1 heterocycles. The SMILES string of the molecule is CCOC(=O)C(C)NC(=O)C1NCCCC1C. The lowest BCUT2D eigenvalue weighted by Gasteiger charge is -2.29. The number of esters is 1. The molecule has 3 unspecified atom stereocenters. The van der Waals surface area contributed by atoms with Gasteiger partial charge in [0.2, 0.25) is 5.91 Å². The largest absolute Gasteiger partial charge is 0.464 e. The van der Waals surface area contributed by atoms with E-state index in [2.05, 4.69) is 10.6 Å². The van der Waals surface area contributed by atoms with Gasteiger partial charge >= 0.3 is 5.97 Å². The molecule has 1 fully saturated rings. The second-order valence-corrected chi connectivity index (χ2v) is 4.53. The minimum atomic E-state index is -0.585. The fourth-order valence-electron chi connectivity index (χ4n) is 2.03. The van der Waals surface area contributed by atoms with Crippen LogP contribution < -0.4 is 10.6 Å². The molecule has 98 valence electrons. The Morgan fingerprint density at radius 3 is 2.82 bits per heavy atom. The Bertz CT molecular complexity index is 281. The molecule has 1 aliphatic heterocycles. The first-order valence-electron chi connectivity index (χ1n) is 6.26. The van der Waals surface area contributed by atoms with Crippen molar-refractivity contribution in [3.05, 3.63) is 0 Å². The van der Waals surface area contributed by atoms with Crippen LogP contribution in [-0.2, 0) is 14.3 Å². The van der Waals surface area contributed by atoms with Gasteiger partial charge in [0.05, 0.1) is 12.6 Å². The van der Waals surface area contributed by atoms with Gasteiger partial charge in [-0.15, -0.1) is 0 Å². The molecule has 1 aliphatic rings. The molecule has 5 nitrogen and oxygen atoms in total. The second kappa shape index (κ2) is 6.59. The first-order chi connectivity index (χ1) is 8.06. The Kier molecular flexibility index (Phi) is 5.41. The average molecular weight is 242 g/mol. The van der Waals surface area contributed by atoms with Gasteiger partial charge in [-0.2, -0.15) is 0 Å². The summed E-state index contributed by atoms with van der Waals surface area (Å²) in [5.41, 5.74) is 0. The highest BCUT2D eigenvalue weighted by Crippen LogP contribution is 2.15. The molecule has 0 aliphatic carbocycles. The van der Waals surface area contributed by atoms with Crippen LogP contribution in [0, 0.1) is 5.92 Å². The van der Waals surface area contributed by atoms with E-state index in [1.54, 1.807) is 13.8 Å². The number of carbonyl (C=O) groups is 2. The van der Waals surface area contributed by atoms with Crippen molar-refractivity contribution in [2.45, 2.75) is 45.7 Å². The van der Waals surface area contributed by atoms with Crippen molar-refractivity contribution in [2.24, 2.45) is 5.92 Å². The fraction of sp³-hybridized carbons (Fsp3) is 0.833. The minimum Gasteiger partial charge on any atom is -0.464 e. The molecule has 2 N–H and O–H groups in total. The highest BCUT2D eigenvalue weighted by molar-refractivity contribution is 5.87. The van der Waals surface area contributed by atoms with Crippen molar-refractivity contribution < 1.29 is 14.3 Å². The molecule has 1 saturated heterocycles. The Balaban J connectivity index is 2.44. The number of nitrogens with one attached hydrogen (secondary N) is 2. The molecular formula is C12H22N2O3. The van der Waals surface area contributed by atoms with Crippen LogP contribution in [0.15, 0.2) is 0 Å². The van der Waals surface area contributed by atoms with Gasteiger partial charge in [0.25, 0.3) is 0 Å². The Morgan fingerprint density at radius 2 is 2.24 bits per heavy atom. The summed E-state index contributed by atoms with van der Waals surface area (Å²) in [5, 5.41) is 5.87. The average Bonchev–Trinajstić information content (AvgIpc) is 2.29. The normalized spacial score (nSPS) is 26.1. The summed E-state index contributed by atoms with van der Waals surface area (Å²) in [4.78, 5) is 23.3. The number of hydrogen-bond donors (Lipinski definition) is 2. The lowest BCUT2D eigenvalue weighted by molar-refractivity contribution is -0.147. The van der Waals surface area contributed by atoms with Gasteiger partial charge in [0.15, 0.2) is 0 Å². The molecule has 0 radical (unpaired) electrons. The third-order valence-electron chi connectivity index (χ3n) is 3.05. The smallest absolute Gasteiger partial charge is 0.328 e. The minimum absolute atomic E-state index is 0.113. The van der Waals surface area contributed by atoms with E-state index in [4.69, 9.17) is 4.74 Å². The zero-order valence-corrected chi connectivity index (χ0v) is 10.8. The zero-order chi connectivity index (χ0) is 12.8. The lowest BCUT2D eigenvalue weighted by atomic mass is 9.92. The molecule has 1 rings (SSSR count). The molecule has 17 heavy (non-hydrogen) atoms. The van der Waals surface area contributed by atoms with Gasteiger partial charge in [-0.3, -0.25) is 4.79 Å². The summed E-state index contributed by atoms with van der Waals surface area (Å²) in [6.07, 6.45) is 2.14. The summed E-state index contributed by atoms with van der Waals surface area (Å²) >= 11 is 0. The molecule has 0 aromatic carbocycles. The first kappa shape index (κ1) is 14.0. The number of carbonyl (C=O) groups excluding carboxylic acids is 2. The molecular weight excluding hydrogens is 220 g/mol. The predicted octanol–water partition coefficient (Wildman–Crippen LogP) is 0.442. The Hall–Kier alpha value is -1.10. The fourth-order valence-corrected chi connectivity index (χ4v) is 2.03. The van der Waals surface area contributed by atoms with Crippen molar-refractivity contribution in [2.75, 3.05) is 13.2 Å². The van der Waals surface area contributed by atoms with E-state index in [9.17, 15) is 9.59 Å². The van der Waals surface area contributed by atoms with Gasteiger partial charge in [-0.1, -0.05) is 6.92 Å². The summed E-state index contributed by atoms with van der Waals surface area (Å²) < 4.78 is 4.84. The molecule has 0 bridgehead atoms. The summed E-state index contributed by atoms with van der Waals surface area (Å²) in [7, 11) is 0. The standard InChI is InChI=1S/C12H22N2O3/c1-4-17-12(16)9(3)14-11(15)10-8(2)6-5-7-13-10/h8-10,13H,4-7H2,1-3H3,(H,14,15). The third-order valence-corrected chi connectivity index (χ3v) is 3.05. The quantitative estimate of drug-likeness (QED) is 0.702. The van der Waals surface area contributed by atoms with Crippen LogP contribution in [0.25, 0.3) is 0 Å². The van der Waals surface area contributed by atoms with Crippen molar-refractivity contribution in [1.29, 1.82) is 0 Å². The highest BCUT2D eigenvalue weighted by Gasteiger charge is 2.29. The lowest BCUT2D eigenvalue weighted by Crippen LogP contribution is -2.54. The van der Waals surface area contributed by atoms with E-state index >= 15 is 0 Å². The molecule has 0 aromatic rings. The van der Waals surface area contributed by atoms with E-state index < -0.39 is 6.04 Å². The molecule has 0 spiro atoms. The van der Waals surface area contributed by atoms with Crippen molar-refractivity contribution in [3.8, 4) is 0 Å². The van der Waals surface area contributed by atoms with E-state index in [1.165, 1.54) is 0 Å². The Morgan fingerprint density at radius 1 is 1.53 bits per heavy atom. The zero-order valence-electron chi connectivity index (χ0n) is 10.8. The molecule has 1 amide bonds. The monoisotopic (exact) mass is 242 g/mol. The van der Waals surface area contributed by atoms with Gasteiger partial charge in [0.1, 0.15) is 6.04 Å². The molecule has 0 aromatic heterocycles. The van der Waals surface area contributed by atoms with Crippen LogP contribution in [0.5, 0.6) is 0 Å². The molecule has 0 saturated carbocycles. The van der Waals surface area contributed by atoms with E-state index in [0.29, 0.717) is 12.5 Å². The van der Waals surface area contributed by atoms with Crippen molar-refractivity contribution >= 4 is 11.9 Å². The first-order valence-corrected chi connectivity index (χ1v) is 6.26. The summed E-state index contributed by atoms with van der Waals surface area (Å²) in [6.45, 7) is 6.62. The van der Waals surface area contributed by atoms with Crippen LogP contribution in [0.3, 0.4) is 0 Å². The predicted molar refractivity (Wildman–Crippen MR) is 64.4 cm³/mol. The van der Waals surface area contributed by atoms with Gasteiger partial charge < -0.3 is 15.4 Å². The van der Waals surface area contributed by atoms with Crippen LogP contribution in [0.1, 0.15) is 33.6 Å². The third kappa shape index (κ3) is 4.00. The van der Waals surface area contributed by atoms with Crippen LogP contribution in [0.2, 0.25) is 0 Å². The second-order valence-electron chi connectivity index (χ2n) is 4.53. The Labute approximate surface area is 102 Å². The van der Waals surface area contributed by atoms with E-state index in [0.717, 1.165) is 19.4 Å².